The lowest BCUT2D eigenvalue weighted by molar-refractivity contribution is 0.0696. The summed E-state index contributed by atoms with van der Waals surface area (Å²) in [5.74, 6) is -0.868. The molecule has 1 unspecified atom stereocenters. The fraction of sp³-hybridized carbons (Fsp3) is 0.286. The number of aromatic carboxylic acids is 1. The number of nitrogens with zero attached hydrogens (tertiary/aromatic N) is 3. The molecule has 0 saturated heterocycles. The topological polar surface area (TPSA) is 97.1 Å². The molecular weight excluding hydrogens is 308 g/mol. The zero-order chi connectivity index (χ0) is 16.3. The number of carboxylic acids is 1. The maximum absolute atomic E-state index is 12.3. The van der Waals surface area contributed by atoms with Crippen molar-refractivity contribution >= 4 is 23.5 Å². The lowest BCUT2D eigenvalue weighted by Gasteiger charge is -2.14. The number of nitrogens with one attached hydrogen (secondary N) is 1. The molecule has 0 saturated carbocycles. The van der Waals surface area contributed by atoms with Crippen molar-refractivity contribution in [3.8, 4) is 0 Å². The Bertz CT molecular complexity index is 714. The maximum atomic E-state index is 12.3. The van der Waals surface area contributed by atoms with E-state index < -0.39 is 11.9 Å². The lowest BCUT2D eigenvalue weighted by Crippen LogP contribution is -2.29. The third kappa shape index (κ3) is 3.25. The molecular formula is C14H15ClN4O3. The molecule has 0 aliphatic heterocycles. The minimum absolute atomic E-state index is 0.0281. The van der Waals surface area contributed by atoms with E-state index in [0.29, 0.717) is 12.4 Å². The number of rotatable bonds is 5. The summed E-state index contributed by atoms with van der Waals surface area (Å²) in [6.45, 7) is 4.35. The number of halogens is 1. The number of aromatic nitrogens is 3. The van der Waals surface area contributed by atoms with Crippen molar-refractivity contribution in [3.05, 3.63) is 46.5 Å². The molecule has 1 heterocycles. The van der Waals surface area contributed by atoms with E-state index in [2.05, 4.69) is 15.4 Å². The van der Waals surface area contributed by atoms with Gasteiger partial charge in [0.2, 0.25) is 0 Å². The molecule has 2 rings (SSSR count). The molecule has 0 aliphatic carbocycles. The third-order valence-corrected chi connectivity index (χ3v) is 3.45. The normalized spacial score (nSPS) is 12.0. The van der Waals surface area contributed by atoms with Gasteiger partial charge in [0.25, 0.3) is 5.91 Å². The number of amides is 1. The second-order valence-corrected chi connectivity index (χ2v) is 5.04. The van der Waals surface area contributed by atoms with Gasteiger partial charge in [0.05, 0.1) is 22.2 Å². The van der Waals surface area contributed by atoms with Gasteiger partial charge in [0.1, 0.15) is 12.2 Å². The summed E-state index contributed by atoms with van der Waals surface area (Å²) in [6.07, 6.45) is 1.43. The first-order valence-corrected chi connectivity index (χ1v) is 7.03. The van der Waals surface area contributed by atoms with Crippen LogP contribution in [0.2, 0.25) is 5.02 Å². The van der Waals surface area contributed by atoms with Gasteiger partial charge >= 0.3 is 5.97 Å². The van der Waals surface area contributed by atoms with E-state index in [1.54, 1.807) is 11.6 Å². The van der Waals surface area contributed by atoms with E-state index in [1.165, 1.54) is 24.5 Å². The average Bonchev–Trinajstić information content (AvgIpc) is 2.95. The monoisotopic (exact) mass is 322 g/mol. The van der Waals surface area contributed by atoms with Crippen molar-refractivity contribution < 1.29 is 14.7 Å². The van der Waals surface area contributed by atoms with Crippen LogP contribution in [0.1, 0.15) is 46.4 Å². The highest BCUT2D eigenvalue weighted by molar-refractivity contribution is 6.34. The lowest BCUT2D eigenvalue weighted by atomic mass is 10.1. The van der Waals surface area contributed by atoms with Crippen LogP contribution in [-0.2, 0) is 6.54 Å². The predicted octanol–water partition coefficient (Wildman–Crippen LogP) is 2.14. The summed E-state index contributed by atoms with van der Waals surface area (Å²) in [5.41, 5.74) is 0.237. The number of carbonyl (C=O) groups is 2. The van der Waals surface area contributed by atoms with Crippen molar-refractivity contribution in [3.63, 3.8) is 0 Å². The maximum Gasteiger partial charge on any atom is 0.335 e. The van der Waals surface area contributed by atoms with Gasteiger partial charge in [-0.05, 0) is 32.0 Å². The highest BCUT2D eigenvalue weighted by atomic mass is 35.5. The second kappa shape index (κ2) is 6.57. The van der Waals surface area contributed by atoms with E-state index in [1.807, 2.05) is 6.92 Å². The van der Waals surface area contributed by atoms with E-state index in [0.717, 1.165) is 0 Å². The van der Waals surface area contributed by atoms with Crippen LogP contribution in [0.25, 0.3) is 0 Å². The Hall–Kier alpha value is -2.41. The molecule has 116 valence electrons. The Kier molecular flexibility index (Phi) is 4.77. The van der Waals surface area contributed by atoms with Crippen molar-refractivity contribution in [1.29, 1.82) is 0 Å². The fourth-order valence-electron chi connectivity index (χ4n) is 2.02. The van der Waals surface area contributed by atoms with Crippen LogP contribution < -0.4 is 5.32 Å². The van der Waals surface area contributed by atoms with Crippen molar-refractivity contribution in [1.82, 2.24) is 20.1 Å². The minimum atomic E-state index is -1.10. The van der Waals surface area contributed by atoms with Gasteiger partial charge in [-0.25, -0.2) is 14.5 Å². The number of benzene rings is 1. The van der Waals surface area contributed by atoms with Gasteiger partial charge in [0.15, 0.2) is 0 Å². The fourth-order valence-corrected chi connectivity index (χ4v) is 2.29. The molecule has 0 spiro atoms. The molecule has 7 nitrogen and oxygen atoms in total. The van der Waals surface area contributed by atoms with Crippen LogP contribution in [0.15, 0.2) is 24.5 Å². The third-order valence-electron chi connectivity index (χ3n) is 3.14. The molecule has 22 heavy (non-hydrogen) atoms. The van der Waals surface area contributed by atoms with Gasteiger partial charge in [-0.15, -0.1) is 0 Å². The Balaban J connectivity index is 2.17. The Morgan fingerprint density at radius 3 is 2.77 bits per heavy atom. The van der Waals surface area contributed by atoms with Crippen LogP contribution in [0.3, 0.4) is 0 Å². The van der Waals surface area contributed by atoms with Gasteiger partial charge in [0, 0.05) is 6.54 Å². The van der Waals surface area contributed by atoms with Gasteiger partial charge in [-0.2, -0.15) is 5.10 Å². The highest BCUT2D eigenvalue weighted by Gasteiger charge is 2.18. The highest BCUT2D eigenvalue weighted by Crippen LogP contribution is 2.19. The SMILES string of the molecule is CCn1ncnc1C(C)NC(=O)c1ccc(C(=O)O)cc1Cl. The summed E-state index contributed by atoms with van der Waals surface area (Å²) in [4.78, 5) is 27.2. The second-order valence-electron chi connectivity index (χ2n) is 4.63. The molecule has 2 N–H and O–H groups in total. The smallest absolute Gasteiger partial charge is 0.335 e. The first-order valence-electron chi connectivity index (χ1n) is 6.65. The van der Waals surface area contributed by atoms with Crippen molar-refractivity contribution in [2.45, 2.75) is 26.4 Å². The van der Waals surface area contributed by atoms with E-state index in [4.69, 9.17) is 16.7 Å². The van der Waals surface area contributed by atoms with Crippen LogP contribution in [-0.4, -0.2) is 31.7 Å². The van der Waals surface area contributed by atoms with Crippen molar-refractivity contribution in [2.75, 3.05) is 0 Å². The Morgan fingerprint density at radius 2 is 2.18 bits per heavy atom. The number of aryl methyl sites for hydroxylation is 1. The molecule has 1 atom stereocenters. The summed E-state index contributed by atoms with van der Waals surface area (Å²) in [6, 6.07) is 3.61. The summed E-state index contributed by atoms with van der Waals surface area (Å²) in [7, 11) is 0. The Labute approximate surface area is 131 Å². The number of hydrogen-bond acceptors (Lipinski definition) is 4. The molecule has 1 amide bonds. The van der Waals surface area contributed by atoms with Crippen molar-refractivity contribution in [2.24, 2.45) is 0 Å². The van der Waals surface area contributed by atoms with Gasteiger partial charge in [-0.3, -0.25) is 4.79 Å². The van der Waals surface area contributed by atoms with Crippen LogP contribution in [0.5, 0.6) is 0 Å². The average molecular weight is 323 g/mol. The van der Waals surface area contributed by atoms with Gasteiger partial charge in [-0.1, -0.05) is 11.6 Å². The molecule has 8 heteroatoms. The summed E-state index contributed by atoms with van der Waals surface area (Å²) in [5, 5.41) is 15.8. The minimum Gasteiger partial charge on any atom is -0.478 e. The van der Waals surface area contributed by atoms with Crippen LogP contribution in [0.4, 0.5) is 0 Å². The quantitative estimate of drug-likeness (QED) is 0.879. The molecule has 0 aliphatic rings. The zero-order valence-electron chi connectivity index (χ0n) is 12.1. The largest absolute Gasteiger partial charge is 0.478 e. The summed E-state index contributed by atoms with van der Waals surface area (Å²) < 4.78 is 1.68. The molecule has 2 aromatic rings. The van der Waals surface area contributed by atoms with E-state index in [-0.39, 0.29) is 22.2 Å². The first kappa shape index (κ1) is 16.0. The number of hydrogen-bond donors (Lipinski definition) is 2. The first-order chi connectivity index (χ1) is 10.4. The van der Waals surface area contributed by atoms with Crippen LogP contribution in [0, 0.1) is 0 Å². The number of carboxylic acid groups (broad SMARTS) is 1. The molecule has 0 bridgehead atoms. The summed E-state index contributed by atoms with van der Waals surface area (Å²) >= 11 is 5.98. The molecule has 0 radical (unpaired) electrons. The standard InChI is InChI=1S/C14H15ClN4O3/c1-3-19-12(16-7-17-19)8(2)18-13(20)10-5-4-9(14(21)22)6-11(10)15/h4-8H,3H2,1-2H3,(H,18,20)(H,21,22). The van der Waals surface area contributed by atoms with Gasteiger partial charge < -0.3 is 10.4 Å². The number of carbonyl (C=O) groups excluding carboxylic acids is 1. The van der Waals surface area contributed by atoms with Crippen LogP contribution >= 0.6 is 11.6 Å². The molecule has 1 aromatic heterocycles. The molecule has 0 fully saturated rings. The van der Waals surface area contributed by atoms with E-state index >= 15 is 0 Å². The predicted molar refractivity (Wildman–Crippen MR) is 80.0 cm³/mol. The van der Waals surface area contributed by atoms with E-state index in [9.17, 15) is 9.59 Å². The Morgan fingerprint density at radius 1 is 1.45 bits per heavy atom. The zero-order valence-corrected chi connectivity index (χ0v) is 12.8. The molecule has 1 aromatic carbocycles.